The third-order valence-corrected chi connectivity index (χ3v) is 7.65. The minimum Gasteiger partial charge on any atom is -0.355 e. The van der Waals surface area contributed by atoms with Gasteiger partial charge < -0.3 is 10.2 Å². The summed E-state index contributed by atoms with van der Waals surface area (Å²) >= 11 is 0. The average Bonchev–Trinajstić information content (AvgIpc) is 3.48. The number of aromatic amines is 1. The third-order valence-electron chi connectivity index (χ3n) is 7.65. The molecule has 4 rings (SSSR count). The van der Waals surface area contributed by atoms with Gasteiger partial charge in [-0.3, -0.25) is 9.89 Å². The van der Waals surface area contributed by atoms with E-state index in [1.807, 2.05) is 26.4 Å². The van der Waals surface area contributed by atoms with Gasteiger partial charge in [0.25, 0.3) is 5.92 Å². The molecular formula is C26H34F2N6O. The number of rotatable bonds is 10. The summed E-state index contributed by atoms with van der Waals surface area (Å²) in [7, 11) is 3.96. The molecule has 0 radical (unpaired) electrons. The molecule has 188 valence electrons. The lowest BCUT2D eigenvalue weighted by atomic mass is 9.78. The molecule has 0 saturated heterocycles. The number of hydrogen-bond donors (Lipinski definition) is 2. The summed E-state index contributed by atoms with van der Waals surface area (Å²) in [5.74, 6) is -3.19. The standard InChI is InChI=1S/C26H34F2N6O/c1-16-18(6-7-23-21(16)15-32-33-23)10-20(34(4)5)14-31-24(35)11-22(19-12-29-17(2)30-13-19)26(8-9-26)25(3,27)28/h6-7,12-13,15,20,22H,8-11,14H2,1-5H3,(H,31,35)(H,32,33)/t20-,22-/m0/s1. The van der Waals surface area contributed by atoms with Gasteiger partial charge in [0, 0.05) is 48.1 Å². The maximum absolute atomic E-state index is 14.6. The molecular weight excluding hydrogens is 450 g/mol. The number of halogens is 2. The van der Waals surface area contributed by atoms with Gasteiger partial charge in [-0.25, -0.2) is 18.7 Å². The van der Waals surface area contributed by atoms with Crippen molar-refractivity contribution in [1.29, 1.82) is 0 Å². The summed E-state index contributed by atoms with van der Waals surface area (Å²) < 4.78 is 29.3. The Hall–Kier alpha value is -2.94. The summed E-state index contributed by atoms with van der Waals surface area (Å²) in [6.07, 6.45) is 6.50. The van der Waals surface area contributed by atoms with Crippen LogP contribution >= 0.6 is 0 Å². The molecule has 1 aliphatic carbocycles. The van der Waals surface area contributed by atoms with Crippen molar-refractivity contribution >= 4 is 16.8 Å². The molecule has 1 saturated carbocycles. The number of nitrogens with one attached hydrogen (secondary N) is 2. The maximum Gasteiger partial charge on any atom is 0.251 e. The predicted molar refractivity (Wildman–Crippen MR) is 131 cm³/mol. The molecule has 1 fully saturated rings. The largest absolute Gasteiger partial charge is 0.355 e. The molecule has 35 heavy (non-hydrogen) atoms. The number of amides is 1. The molecule has 2 heterocycles. The van der Waals surface area contributed by atoms with Gasteiger partial charge in [0.2, 0.25) is 5.91 Å². The molecule has 2 N–H and O–H groups in total. The molecule has 9 heteroatoms. The van der Waals surface area contributed by atoms with Crippen molar-refractivity contribution in [2.45, 2.75) is 64.3 Å². The maximum atomic E-state index is 14.6. The van der Waals surface area contributed by atoms with Crippen LogP contribution in [0.1, 0.15) is 54.6 Å². The van der Waals surface area contributed by atoms with Crippen molar-refractivity contribution in [2.75, 3.05) is 20.6 Å². The van der Waals surface area contributed by atoms with E-state index in [4.69, 9.17) is 0 Å². The van der Waals surface area contributed by atoms with Gasteiger partial charge in [-0.1, -0.05) is 6.07 Å². The van der Waals surface area contributed by atoms with Crippen LogP contribution in [0.25, 0.3) is 10.9 Å². The Morgan fingerprint density at radius 2 is 1.89 bits per heavy atom. The number of aromatic nitrogens is 4. The molecule has 1 aliphatic rings. The number of aryl methyl sites for hydroxylation is 2. The summed E-state index contributed by atoms with van der Waals surface area (Å²) in [5.41, 5.74) is 2.71. The average molecular weight is 485 g/mol. The Balaban J connectivity index is 1.46. The molecule has 2 aromatic heterocycles. The summed E-state index contributed by atoms with van der Waals surface area (Å²) in [4.78, 5) is 23.5. The molecule has 3 aromatic rings. The second kappa shape index (κ2) is 9.60. The number of nitrogens with zero attached hydrogens (tertiary/aromatic N) is 4. The lowest BCUT2D eigenvalue weighted by Crippen LogP contribution is -2.43. The fourth-order valence-corrected chi connectivity index (χ4v) is 5.05. The van der Waals surface area contributed by atoms with Crippen LogP contribution < -0.4 is 5.32 Å². The monoisotopic (exact) mass is 484 g/mol. The first kappa shape index (κ1) is 25.2. The number of carbonyl (C=O) groups excluding carboxylic acids is 1. The van der Waals surface area contributed by atoms with Gasteiger partial charge in [0.15, 0.2) is 0 Å². The van der Waals surface area contributed by atoms with E-state index in [0.717, 1.165) is 29.8 Å². The Kier molecular flexibility index (Phi) is 6.90. The van der Waals surface area contributed by atoms with Crippen LogP contribution in [-0.4, -0.2) is 63.6 Å². The first-order valence-electron chi connectivity index (χ1n) is 12.0. The van der Waals surface area contributed by atoms with Gasteiger partial charge in [-0.2, -0.15) is 5.10 Å². The van der Waals surface area contributed by atoms with E-state index in [1.54, 1.807) is 19.3 Å². The van der Waals surface area contributed by atoms with Gasteiger partial charge in [-0.15, -0.1) is 0 Å². The van der Waals surface area contributed by atoms with Crippen molar-refractivity contribution in [3.05, 3.63) is 53.2 Å². The number of hydrogen-bond acceptors (Lipinski definition) is 5. The number of benzene rings is 1. The van der Waals surface area contributed by atoms with Crippen LogP contribution in [0.3, 0.4) is 0 Å². The lowest BCUT2D eigenvalue weighted by molar-refractivity contribution is -0.123. The normalized spacial score (nSPS) is 16.9. The highest BCUT2D eigenvalue weighted by atomic mass is 19.3. The van der Waals surface area contributed by atoms with E-state index in [9.17, 15) is 13.6 Å². The van der Waals surface area contributed by atoms with Crippen molar-refractivity contribution in [3.8, 4) is 0 Å². The number of fused-ring (bicyclic) bond motifs is 1. The summed E-state index contributed by atoms with van der Waals surface area (Å²) in [6.45, 7) is 5.20. The minimum atomic E-state index is -2.89. The predicted octanol–water partition coefficient (Wildman–Crippen LogP) is 4.17. The molecule has 0 aliphatic heterocycles. The van der Waals surface area contributed by atoms with Crippen molar-refractivity contribution in [1.82, 2.24) is 30.4 Å². The molecule has 1 aromatic carbocycles. The third kappa shape index (κ3) is 5.19. The smallest absolute Gasteiger partial charge is 0.251 e. The van der Waals surface area contributed by atoms with Crippen LogP contribution in [-0.2, 0) is 11.2 Å². The summed E-state index contributed by atoms with van der Waals surface area (Å²) in [5, 5.41) is 11.2. The highest BCUT2D eigenvalue weighted by molar-refractivity contribution is 5.82. The number of H-pyrrole nitrogens is 1. The van der Waals surface area contributed by atoms with Crippen molar-refractivity contribution in [3.63, 3.8) is 0 Å². The first-order chi connectivity index (χ1) is 16.5. The van der Waals surface area contributed by atoms with E-state index in [-0.39, 0.29) is 18.4 Å². The Bertz CT molecular complexity index is 1180. The van der Waals surface area contributed by atoms with Gasteiger partial charge in [0.1, 0.15) is 5.82 Å². The van der Waals surface area contributed by atoms with Crippen LogP contribution in [0.4, 0.5) is 8.78 Å². The van der Waals surface area contributed by atoms with Crippen molar-refractivity contribution in [2.24, 2.45) is 5.41 Å². The molecule has 0 unspecified atom stereocenters. The van der Waals surface area contributed by atoms with E-state index >= 15 is 0 Å². The van der Waals surface area contributed by atoms with Crippen LogP contribution in [0, 0.1) is 19.3 Å². The molecule has 1 amide bonds. The van der Waals surface area contributed by atoms with E-state index in [1.165, 1.54) is 5.56 Å². The van der Waals surface area contributed by atoms with Gasteiger partial charge in [0.05, 0.1) is 11.7 Å². The molecule has 0 bridgehead atoms. The van der Waals surface area contributed by atoms with Crippen molar-refractivity contribution < 1.29 is 13.6 Å². The zero-order valence-electron chi connectivity index (χ0n) is 21.0. The van der Waals surface area contributed by atoms with Crippen LogP contribution in [0.15, 0.2) is 30.7 Å². The number of alkyl halides is 2. The van der Waals surface area contributed by atoms with E-state index in [2.05, 4.69) is 43.4 Å². The SMILES string of the molecule is Cc1ncc([C@H](CC(=O)NC[C@H](Cc2ccc3[nH]ncc3c2C)N(C)C)C2(C(C)(F)F)CC2)cn1. The van der Waals surface area contributed by atoms with Crippen LogP contribution in [0.5, 0.6) is 0 Å². The number of carbonyl (C=O) groups is 1. The lowest BCUT2D eigenvalue weighted by Gasteiger charge is -2.32. The van der Waals surface area contributed by atoms with Gasteiger partial charge >= 0.3 is 0 Å². The van der Waals surface area contributed by atoms with E-state index in [0.29, 0.717) is 30.8 Å². The topological polar surface area (TPSA) is 86.8 Å². The zero-order chi connectivity index (χ0) is 25.4. The Morgan fingerprint density at radius 1 is 1.20 bits per heavy atom. The number of likely N-dealkylation sites (N-methyl/N-ethyl adjacent to an activating group) is 1. The summed E-state index contributed by atoms with van der Waals surface area (Å²) in [6, 6.07) is 4.15. The molecule has 7 nitrogen and oxygen atoms in total. The highest BCUT2D eigenvalue weighted by Gasteiger charge is 2.63. The Morgan fingerprint density at radius 3 is 2.49 bits per heavy atom. The Labute approximate surface area is 204 Å². The second-order valence-electron chi connectivity index (χ2n) is 10.2. The minimum absolute atomic E-state index is 0.0179. The quantitative estimate of drug-likeness (QED) is 0.451. The fourth-order valence-electron chi connectivity index (χ4n) is 5.05. The molecule has 2 atom stereocenters. The highest BCUT2D eigenvalue weighted by Crippen LogP contribution is 2.65. The van der Waals surface area contributed by atoms with E-state index < -0.39 is 17.3 Å². The zero-order valence-corrected chi connectivity index (χ0v) is 21.0. The molecule has 0 spiro atoms. The second-order valence-corrected chi connectivity index (χ2v) is 10.2. The first-order valence-corrected chi connectivity index (χ1v) is 12.0. The van der Waals surface area contributed by atoms with Crippen LogP contribution in [0.2, 0.25) is 0 Å². The van der Waals surface area contributed by atoms with Gasteiger partial charge in [-0.05, 0) is 76.9 Å². The fraction of sp³-hybridized carbons (Fsp3) is 0.538.